The van der Waals surface area contributed by atoms with Gasteiger partial charge in [-0.05, 0) is 12.1 Å². The number of benzene rings is 1. The Bertz CT molecular complexity index is 692. The Labute approximate surface area is 128 Å². The number of alkyl halides is 3. The minimum Gasteiger partial charge on any atom is -0.381 e. The minimum absolute atomic E-state index is 0.0128. The van der Waals surface area contributed by atoms with Gasteiger partial charge >= 0.3 is 6.18 Å². The highest BCUT2D eigenvalue weighted by Crippen LogP contribution is 2.41. The lowest BCUT2D eigenvalue weighted by molar-refractivity contribution is -0.137. The maximum atomic E-state index is 12.7. The second-order valence-electron chi connectivity index (χ2n) is 3.78. The summed E-state index contributed by atoms with van der Waals surface area (Å²) in [7, 11) is 0. The molecule has 2 rings (SSSR count). The van der Waals surface area contributed by atoms with Crippen molar-refractivity contribution in [2.75, 3.05) is 5.73 Å². The number of nitrogens with one attached hydrogen (secondary N) is 1. The molecule has 1 aromatic carbocycles. The topological polar surface area (TPSA) is 78.5 Å². The molecular formula is C11H5Br2F3N4. The van der Waals surface area contributed by atoms with Crippen LogP contribution in [0.3, 0.4) is 0 Å². The maximum absolute atomic E-state index is 12.7. The summed E-state index contributed by atoms with van der Waals surface area (Å²) in [6.45, 7) is 0. The van der Waals surface area contributed by atoms with Gasteiger partial charge < -0.3 is 5.73 Å². The Balaban J connectivity index is 2.68. The lowest BCUT2D eigenvalue weighted by Gasteiger charge is -2.12. The molecule has 0 saturated carbocycles. The van der Waals surface area contributed by atoms with Crippen molar-refractivity contribution in [2.45, 2.75) is 6.18 Å². The zero-order chi connectivity index (χ0) is 15.1. The van der Waals surface area contributed by atoms with Crippen LogP contribution in [0, 0.1) is 11.3 Å². The third kappa shape index (κ3) is 2.53. The first-order valence-electron chi connectivity index (χ1n) is 5.06. The Hall–Kier alpha value is -1.53. The summed E-state index contributed by atoms with van der Waals surface area (Å²) < 4.78 is 38.4. The molecule has 1 aromatic heterocycles. The molecule has 104 valence electrons. The summed E-state index contributed by atoms with van der Waals surface area (Å²) in [5.74, 6) is -0.0128. The Morgan fingerprint density at radius 1 is 1.25 bits per heavy atom. The zero-order valence-corrected chi connectivity index (χ0v) is 12.7. The van der Waals surface area contributed by atoms with Crippen molar-refractivity contribution >= 4 is 37.7 Å². The van der Waals surface area contributed by atoms with E-state index in [2.05, 4.69) is 42.1 Å². The molecule has 0 unspecified atom stereocenters. The van der Waals surface area contributed by atoms with Crippen molar-refractivity contribution in [3.05, 3.63) is 32.2 Å². The molecule has 2 aromatic rings. The van der Waals surface area contributed by atoms with Gasteiger partial charge in [0.25, 0.3) is 0 Å². The number of hydrogen-bond acceptors (Lipinski definition) is 3. The molecular weight excluding hydrogens is 405 g/mol. The van der Waals surface area contributed by atoms with E-state index < -0.39 is 11.7 Å². The molecule has 0 aliphatic carbocycles. The predicted octanol–water partition coefficient (Wildman–Crippen LogP) is 4.07. The molecule has 20 heavy (non-hydrogen) atoms. The fourth-order valence-corrected chi connectivity index (χ4v) is 3.21. The molecule has 0 bridgehead atoms. The fraction of sp³-hybridized carbons (Fsp3) is 0.0909. The summed E-state index contributed by atoms with van der Waals surface area (Å²) in [4.78, 5) is 0. The average molecular weight is 410 g/mol. The van der Waals surface area contributed by atoms with Crippen molar-refractivity contribution in [1.82, 2.24) is 10.2 Å². The van der Waals surface area contributed by atoms with Gasteiger partial charge in [-0.2, -0.15) is 23.5 Å². The Morgan fingerprint density at radius 3 is 2.25 bits per heavy atom. The smallest absolute Gasteiger partial charge is 0.381 e. The molecule has 1 heterocycles. The van der Waals surface area contributed by atoms with Gasteiger partial charge in [0.15, 0.2) is 5.82 Å². The van der Waals surface area contributed by atoms with E-state index in [1.807, 2.05) is 6.07 Å². The molecule has 4 nitrogen and oxygen atoms in total. The van der Waals surface area contributed by atoms with Crippen LogP contribution >= 0.6 is 31.9 Å². The molecule has 9 heteroatoms. The first-order valence-corrected chi connectivity index (χ1v) is 6.65. The van der Waals surface area contributed by atoms with E-state index in [0.717, 1.165) is 12.1 Å². The van der Waals surface area contributed by atoms with E-state index in [4.69, 9.17) is 11.0 Å². The number of nitrogens with two attached hydrogens (primary N) is 1. The molecule has 0 amide bonds. The van der Waals surface area contributed by atoms with Crippen LogP contribution in [0.15, 0.2) is 21.1 Å². The normalized spacial score (nSPS) is 11.4. The largest absolute Gasteiger partial charge is 0.416 e. The minimum atomic E-state index is -4.46. The molecule has 0 aliphatic heterocycles. The third-order valence-corrected chi connectivity index (χ3v) is 3.78. The number of nitrogen functional groups attached to an aromatic ring is 1. The van der Waals surface area contributed by atoms with Gasteiger partial charge in [-0.25, -0.2) is 0 Å². The number of rotatable bonds is 1. The first-order chi connectivity index (χ1) is 9.25. The van der Waals surface area contributed by atoms with Crippen LogP contribution < -0.4 is 5.73 Å². The quantitative estimate of drug-likeness (QED) is 0.744. The number of hydrogen-bond donors (Lipinski definition) is 2. The van der Waals surface area contributed by atoms with E-state index in [1.54, 1.807) is 0 Å². The fourth-order valence-electron chi connectivity index (χ4n) is 1.63. The van der Waals surface area contributed by atoms with Crippen molar-refractivity contribution in [3.63, 3.8) is 0 Å². The summed E-state index contributed by atoms with van der Waals surface area (Å²) >= 11 is 6.14. The van der Waals surface area contributed by atoms with Gasteiger partial charge in [-0.3, -0.25) is 5.10 Å². The second-order valence-corrected chi connectivity index (χ2v) is 5.49. The number of anilines is 1. The highest BCUT2D eigenvalue weighted by atomic mass is 79.9. The molecule has 0 radical (unpaired) electrons. The highest BCUT2D eigenvalue weighted by Gasteiger charge is 2.32. The predicted molar refractivity (Wildman–Crippen MR) is 73.6 cm³/mol. The van der Waals surface area contributed by atoms with E-state index in [-0.39, 0.29) is 26.0 Å². The Morgan fingerprint density at radius 2 is 1.80 bits per heavy atom. The summed E-state index contributed by atoms with van der Waals surface area (Å²) in [6.07, 6.45) is -4.46. The summed E-state index contributed by atoms with van der Waals surface area (Å²) in [6, 6.07) is 3.72. The lowest BCUT2D eigenvalue weighted by Crippen LogP contribution is -2.05. The van der Waals surface area contributed by atoms with E-state index >= 15 is 0 Å². The molecule has 0 aliphatic rings. The van der Waals surface area contributed by atoms with Crippen molar-refractivity contribution in [2.24, 2.45) is 0 Å². The monoisotopic (exact) mass is 408 g/mol. The number of nitriles is 1. The van der Waals surface area contributed by atoms with Gasteiger partial charge in [0.05, 0.1) is 11.3 Å². The van der Waals surface area contributed by atoms with Crippen molar-refractivity contribution in [3.8, 4) is 17.3 Å². The Kier molecular flexibility index (Phi) is 3.80. The average Bonchev–Trinajstić information content (AvgIpc) is 2.68. The van der Waals surface area contributed by atoms with E-state index in [9.17, 15) is 13.2 Å². The number of nitrogens with zero attached hydrogens (tertiary/aromatic N) is 2. The lowest BCUT2D eigenvalue weighted by atomic mass is 10.1. The molecule has 0 fully saturated rings. The van der Waals surface area contributed by atoms with Crippen molar-refractivity contribution < 1.29 is 13.2 Å². The highest BCUT2D eigenvalue weighted by molar-refractivity contribution is 9.11. The SMILES string of the molecule is N#Cc1c(N)n[nH]c1-c1c(Br)cc(C(F)(F)F)cc1Br. The van der Waals surface area contributed by atoms with Crippen LogP contribution in [0.1, 0.15) is 11.1 Å². The molecule has 3 N–H and O–H groups in total. The first kappa shape index (κ1) is 14.9. The third-order valence-electron chi connectivity index (χ3n) is 2.53. The van der Waals surface area contributed by atoms with Crippen LogP contribution in [-0.2, 0) is 6.18 Å². The maximum Gasteiger partial charge on any atom is 0.416 e. The number of halogens is 5. The van der Waals surface area contributed by atoms with Crippen LogP contribution in [0.25, 0.3) is 11.3 Å². The number of aromatic nitrogens is 2. The summed E-state index contributed by atoms with van der Waals surface area (Å²) in [5.41, 5.74) is 5.37. The van der Waals surface area contributed by atoms with Gasteiger partial charge in [-0.1, -0.05) is 31.9 Å². The van der Waals surface area contributed by atoms with Gasteiger partial charge in [0.1, 0.15) is 11.6 Å². The second kappa shape index (κ2) is 5.10. The molecule has 0 atom stereocenters. The van der Waals surface area contributed by atoms with Crippen LogP contribution in [0.2, 0.25) is 0 Å². The summed E-state index contributed by atoms with van der Waals surface area (Å²) in [5, 5.41) is 15.2. The van der Waals surface area contributed by atoms with Crippen LogP contribution in [0.5, 0.6) is 0 Å². The number of H-pyrrole nitrogens is 1. The standard InChI is InChI=1S/C11H5Br2F3N4/c12-6-1-4(11(14,15)16)2-7(13)8(6)9-5(3-17)10(18)20-19-9/h1-2H,(H3,18,19,20). The zero-order valence-electron chi connectivity index (χ0n) is 9.52. The van der Waals surface area contributed by atoms with Crippen molar-refractivity contribution in [1.29, 1.82) is 5.26 Å². The van der Waals surface area contributed by atoms with Gasteiger partial charge in [0.2, 0.25) is 0 Å². The van der Waals surface area contributed by atoms with Gasteiger partial charge in [0, 0.05) is 14.5 Å². The van der Waals surface area contributed by atoms with E-state index in [1.165, 1.54) is 0 Å². The van der Waals surface area contributed by atoms with E-state index in [0.29, 0.717) is 5.56 Å². The van der Waals surface area contributed by atoms with Gasteiger partial charge in [-0.15, -0.1) is 0 Å². The van der Waals surface area contributed by atoms with Crippen LogP contribution in [-0.4, -0.2) is 10.2 Å². The molecule has 0 saturated heterocycles. The van der Waals surface area contributed by atoms with Crippen LogP contribution in [0.4, 0.5) is 19.0 Å². The molecule has 0 spiro atoms. The number of aromatic amines is 1.